The predicted octanol–water partition coefficient (Wildman–Crippen LogP) is 4.45. The summed E-state index contributed by atoms with van der Waals surface area (Å²) in [5.41, 5.74) is 6.92. The molecule has 1 aliphatic heterocycles. The molecule has 1 fully saturated rings. The zero-order valence-electron chi connectivity index (χ0n) is 20.6. The Kier molecular flexibility index (Phi) is 7.16. The van der Waals surface area contributed by atoms with Crippen LogP contribution in [0.5, 0.6) is 5.75 Å². The lowest BCUT2D eigenvalue weighted by atomic mass is 10.0. The number of fused-ring (bicyclic) bond motifs is 1. The van der Waals surface area contributed by atoms with Crippen LogP contribution in [0.25, 0.3) is 22.2 Å². The van der Waals surface area contributed by atoms with Gasteiger partial charge in [-0.05, 0) is 73.9 Å². The van der Waals surface area contributed by atoms with Gasteiger partial charge in [-0.1, -0.05) is 18.2 Å². The Labute approximate surface area is 215 Å². The smallest absolute Gasteiger partial charge is 0.272 e. The second-order valence-electron chi connectivity index (χ2n) is 8.85. The molecule has 0 spiro atoms. The van der Waals surface area contributed by atoms with Gasteiger partial charge in [-0.3, -0.25) is 14.6 Å². The molecule has 2 aromatic heterocycles. The van der Waals surface area contributed by atoms with Crippen molar-refractivity contribution >= 4 is 28.4 Å². The third kappa shape index (κ3) is 5.64. The number of nitrogens with zero attached hydrogens (tertiary/aromatic N) is 4. The Balaban J connectivity index is 1.28. The molecule has 186 valence electrons. The number of rotatable bonds is 7. The summed E-state index contributed by atoms with van der Waals surface area (Å²) in [6.45, 7) is 3.47. The first kappa shape index (κ1) is 24.1. The average molecular weight is 494 g/mol. The van der Waals surface area contributed by atoms with Crippen LogP contribution in [0, 0.1) is 0 Å². The minimum absolute atomic E-state index is 0.0118. The van der Waals surface area contributed by atoms with Crippen molar-refractivity contribution in [2.45, 2.75) is 19.8 Å². The standard InChI is InChI=1S/C29H27N5O3/c1-20(21-8-10-23(11-9-21)37-19-28(35)34-16-4-5-17-34)32-33-29(36)25-18-27(22-12-14-30-15-13-22)31-26-7-3-2-6-24(25)26/h2-3,6-15,18H,4-5,16-17,19H2,1H3,(H,33,36)/b32-20+. The van der Waals surface area contributed by atoms with E-state index < -0.39 is 0 Å². The molecule has 3 heterocycles. The monoisotopic (exact) mass is 493 g/mol. The molecule has 0 radical (unpaired) electrons. The summed E-state index contributed by atoms with van der Waals surface area (Å²) >= 11 is 0. The van der Waals surface area contributed by atoms with Gasteiger partial charge in [-0.2, -0.15) is 5.10 Å². The number of para-hydroxylation sites is 1. The summed E-state index contributed by atoms with van der Waals surface area (Å²) in [7, 11) is 0. The zero-order valence-corrected chi connectivity index (χ0v) is 20.6. The molecular formula is C29H27N5O3. The van der Waals surface area contributed by atoms with E-state index in [9.17, 15) is 9.59 Å². The highest BCUT2D eigenvalue weighted by Gasteiger charge is 2.18. The van der Waals surface area contributed by atoms with Crippen LogP contribution in [0.4, 0.5) is 0 Å². The third-order valence-corrected chi connectivity index (χ3v) is 6.36. The number of carbonyl (C=O) groups is 2. The van der Waals surface area contributed by atoms with Gasteiger partial charge in [-0.15, -0.1) is 0 Å². The maximum atomic E-state index is 13.2. The van der Waals surface area contributed by atoms with Crippen molar-refractivity contribution in [3.8, 4) is 17.0 Å². The van der Waals surface area contributed by atoms with Crippen LogP contribution < -0.4 is 10.2 Å². The molecular weight excluding hydrogens is 466 g/mol. The van der Waals surface area contributed by atoms with Gasteiger partial charge < -0.3 is 9.64 Å². The maximum Gasteiger partial charge on any atom is 0.272 e. The summed E-state index contributed by atoms with van der Waals surface area (Å²) in [6, 6.07) is 20.3. The molecule has 0 aliphatic carbocycles. The van der Waals surface area contributed by atoms with Gasteiger partial charge in [0.1, 0.15) is 5.75 Å². The summed E-state index contributed by atoms with van der Waals surface area (Å²) in [5.74, 6) is 0.298. The number of pyridine rings is 2. The number of nitrogens with one attached hydrogen (secondary N) is 1. The van der Waals surface area contributed by atoms with E-state index in [1.165, 1.54) is 0 Å². The predicted molar refractivity (Wildman–Crippen MR) is 142 cm³/mol. The fraction of sp³-hybridized carbons (Fsp3) is 0.207. The zero-order chi connectivity index (χ0) is 25.6. The van der Waals surface area contributed by atoms with E-state index >= 15 is 0 Å². The summed E-state index contributed by atoms with van der Waals surface area (Å²) in [4.78, 5) is 36.0. The molecule has 1 aliphatic rings. The van der Waals surface area contributed by atoms with Crippen LogP contribution in [0.1, 0.15) is 35.7 Å². The lowest BCUT2D eigenvalue weighted by Gasteiger charge is -2.15. The number of likely N-dealkylation sites (tertiary alicyclic amines) is 1. The average Bonchev–Trinajstić information content (AvgIpc) is 3.50. The SMILES string of the molecule is C/C(=N\NC(=O)c1cc(-c2ccncc2)nc2ccccc12)c1ccc(OCC(=O)N2CCCC2)cc1. The molecule has 2 aromatic carbocycles. The Bertz CT molecular complexity index is 1450. The number of benzene rings is 2. The van der Waals surface area contributed by atoms with Gasteiger partial charge in [0.15, 0.2) is 6.61 Å². The van der Waals surface area contributed by atoms with E-state index in [2.05, 4.69) is 15.5 Å². The lowest BCUT2D eigenvalue weighted by molar-refractivity contribution is -0.132. The number of hydrogen-bond donors (Lipinski definition) is 1. The molecule has 1 saturated heterocycles. The molecule has 1 N–H and O–H groups in total. The largest absolute Gasteiger partial charge is 0.484 e. The van der Waals surface area contributed by atoms with Crippen molar-refractivity contribution in [1.82, 2.24) is 20.3 Å². The van der Waals surface area contributed by atoms with Gasteiger partial charge >= 0.3 is 0 Å². The van der Waals surface area contributed by atoms with Crippen LogP contribution in [0.2, 0.25) is 0 Å². The normalized spacial score (nSPS) is 13.5. The molecule has 0 saturated carbocycles. The van der Waals surface area contributed by atoms with Crippen molar-refractivity contribution in [2.75, 3.05) is 19.7 Å². The number of ether oxygens (including phenoxy) is 1. The van der Waals surface area contributed by atoms with Crippen molar-refractivity contribution in [3.05, 3.63) is 90.3 Å². The highest BCUT2D eigenvalue weighted by atomic mass is 16.5. The van der Waals surface area contributed by atoms with Crippen molar-refractivity contribution < 1.29 is 14.3 Å². The topological polar surface area (TPSA) is 96.8 Å². The molecule has 0 bridgehead atoms. The first-order valence-corrected chi connectivity index (χ1v) is 12.2. The molecule has 8 heteroatoms. The van der Waals surface area contributed by atoms with Crippen LogP contribution in [0.15, 0.2) is 84.2 Å². The number of aromatic nitrogens is 2. The number of carbonyl (C=O) groups excluding carboxylic acids is 2. The second kappa shape index (κ2) is 11.0. The highest BCUT2D eigenvalue weighted by molar-refractivity contribution is 6.08. The Morgan fingerprint density at radius 3 is 2.49 bits per heavy atom. The fourth-order valence-electron chi connectivity index (χ4n) is 4.29. The van der Waals surface area contributed by atoms with Crippen molar-refractivity contribution in [3.63, 3.8) is 0 Å². The van der Waals surface area contributed by atoms with Crippen LogP contribution in [-0.2, 0) is 4.79 Å². The van der Waals surface area contributed by atoms with Gasteiger partial charge in [0.05, 0.1) is 22.5 Å². The highest BCUT2D eigenvalue weighted by Crippen LogP contribution is 2.24. The van der Waals surface area contributed by atoms with Gasteiger partial charge in [0, 0.05) is 36.4 Å². The number of hydrogen-bond acceptors (Lipinski definition) is 6. The number of hydrazone groups is 1. The van der Waals surface area contributed by atoms with Gasteiger partial charge in [0.2, 0.25) is 0 Å². The van der Waals surface area contributed by atoms with E-state index in [1.54, 1.807) is 30.6 Å². The summed E-state index contributed by atoms with van der Waals surface area (Å²) in [6.07, 6.45) is 5.50. The molecule has 8 nitrogen and oxygen atoms in total. The second-order valence-corrected chi connectivity index (χ2v) is 8.85. The first-order chi connectivity index (χ1) is 18.1. The number of amides is 2. The van der Waals surface area contributed by atoms with Crippen molar-refractivity contribution in [2.24, 2.45) is 5.10 Å². The molecule has 0 atom stereocenters. The Morgan fingerprint density at radius 1 is 1.00 bits per heavy atom. The van der Waals surface area contributed by atoms with Crippen molar-refractivity contribution in [1.29, 1.82) is 0 Å². The van der Waals surface area contributed by atoms with E-state index in [4.69, 9.17) is 9.72 Å². The van der Waals surface area contributed by atoms with Crippen LogP contribution in [-0.4, -0.2) is 52.1 Å². The minimum atomic E-state index is -0.325. The summed E-state index contributed by atoms with van der Waals surface area (Å²) < 4.78 is 5.65. The Morgan fingerprint density at radius 2 is 1.73 bits per heavy atom. The van der Waals surface area contributed by atoms with E-state index in [1.807, 2.05) is 60.4 Å². The minimum Gasteiger partial charge on any atom is -0.484 e. The summed E-state index contributed by atoms with van der Waals surface area (Å²) in [5, 5.41) is 5.07. The van der Waals surface area contributed by atoms with E-state index in [-0.39, 0.29) is 18.4 Å². The van der Waals surface area contributed by atoms with E-state index in [0.717, 1.165) is 48.0 Å². The van der Waals surface area contributed by atoms with Gasteiger partial charge in [0.25, 0.3) is 11.8 Å². The Hall–Kier alpha value is -4.59. The lowest BCUT2D eigenvalue weighted by Crippen LogP contribution is -2.32. The fourth-order valence-corrected chi connectivity index (χ4v) is 4.29. The van der Waals surface area contributed by atoms with Gasteiger partial charge in [-0.25, -0.2) is 10.4 Å². The molecule has 2 amide bonds. The first-order valence-electron chi connectivity index (χ1n) is 12.2. The molecule has 0 unspecified atom stereocenters. The molecule has 4 aromatic rings. The van der Waals surface area contributed by atoms with E-state index in [0.29, 0.717) is 22.7 Å². The maximum absolute atomic E-state index is 13.2. The molecule has 37 heavy (non-hydrogen) atoms. The third-order valence-electron chi connectivity index (χ3n) is 6.36. The quantitative estimate of drug-likeness (QED) is 0.303. The van der Waals surface area contributed by atoms with Crippen LogP contribution >= 0.6 is 0 Å². The van der Waals surface area contributed by atoms with Crippen LogP contribution in [0.3, 0.4) is 0 Å². The molecule has 5 rings (SSSR count).